The van der Waals surface area contributed by atoms with E-state index in [0.29, 0.717) is 10.6 Å². The molecule has 0 radical (unpaired) electrons. The van der Waals surface area contributed by atoms with Gasteiger partial charge in [0.15, 0.2) is 0 Å². The van der Waals surface area contributed by atoms with E-state index in [1.807, 2.05) is 12.1 Å². The molecule has 2 aromatic rings. The summed E-state index contributed by atoms with van der Waals surface area (Å²) in [5.41, 5.74) is 1.41. The van der Waals surface area contributed by atoms with Crippen LogP contribution in [0, 0.1) is 0 Å². The first-order valence-electron chi connectivity index (χ1n) is 4.71. The van der Waals surface area contributed by atoms with Crippen LogP contribution < -0.4 is 0 Å². The molecule has 0 fully saturated rings. The Balaban J connectivity index is 2.38. The van der Waals surface area contributed by atoms with Gasteiger partial charge in [0.05, 0.1) is 0 Å². The van der Waals surface area contributed by atoms with Crippen molar-refractivity contribution in [2.75, 3.05) is 0 Å². The van der Waals surface area contributed by atoms with Crippen LogP contribution >= 0.6 is 27.5 Å². The molecule has 0 spiro atoms. The molecule has 0 saturated heterocycles. The van der Waals surface area contributed by atoms with Crippen LogP contribution in [0.15, 0.2) is 47.2 Å². The van der Waals surface area contributed by atoms with Crippen LogP contribution in [0.4, 0.5) is 0 Å². The molecule has 1 aromatic carbocycles. The summed E-state index contributed by atoms with van der Waals surface area (Å²) in [5, 5.41) is 10.7. The summed E-state index contributed by atoms with van der Waals surface area (Å²) in [6.45, 7) is 0. The lowest BCUT2D eigenvalue weighted by molar-refractivity contribution is 0.220. The summed E-state index contributed by atoms with van der Waals surface area (Å²) in [5.74, 6) is 0. The van der Waals surface area contributed by atoms with E-state index in [1.165, 1.54) is 0 Å². The Kier molecular flexibility index (Phi) is 3.59. The van der Waals surface area contributed by atoms with E-state index in [2.05, 4.69) is 20.9 Å². The van der Waals surface area contributed by atoms with Crippen molar-refractivity contribution in [1.29, 1.82) is 0 Å². The second kappa shape index (κ2) is 4.95. The van der Waals surface area contributed by atoms with Crippen molar-refractivity contribution in [3.05, 3.63) is 63.3 Å². The van der Waals surface area contributed by atoms with E-state index >= 15 is 0 Å². The minimum atomic E-state index is -0.741. The molecule has 2 nitrogen and oxygen atoms in total. The Labute approximate surface area is 107 Å². The largest absolute Gasteiger partial charge is 0.384 e. The van der Waals surface area contributed by atoms with Crippen LogP contribution in [0.3, 0.4) is 0 Å². The van der Waals surface area contributed by atoms with Gasteiger partial charge in [-0.1, -0.05) is 39.7 Å². The molecule has 4 heteroatoms. The highest BCUT2D eigenvalue weighted by atomic mass is 79.9. The number of pyridine rings is 1. The molecule has 0 aliphatic carbocycles. The van der Waals surface area contributed by atoms with Gasteiger partial charge in [-0.15, -0.1) is 0 Å². The molecule has 1 atom stereocenters. The van der Waals surface area contributed by atoms with E-state index in [9.17, 15) is 5.11 Å². The Morgan fingerprint density at radius 1 is 1.31 bits per heavy atom. The van der Waals surface area contributed by atoms with Crippen molar-refractivity contribution < 1.29 is 5.11 Å². The highest BCUT2D eigenvalue weighted by Gasteiger charge is 2.13. The van der Waals surface area contributed by atoms with Crippen molar-refractivity contribution in [1.82, 2.24) is 4.98 Å². The first kappa shape index (κ1) is 11.6. The van der Waals surface area contributed by atoms with E-state index in [4.69, 9.17) is 11.6 Å². The monoisotopic (exact) mass is 297 g/mol. The number of nitrogens with zero attached hydrogens (tertiary/aromatic N) is 1. The first-order chi connectivity index (χ1) is 7.68. The Bertz CT molecular complexity index is 490. The van der Waals surface area contributed by atoms with Gasteiger partial charge in [0.1, 0.15) is 6.10 Å². The van der Waals surface area contributed by atoms with Crippen LogP contribution in [-0.2, 0) is 0 Å². The zero-order chi connectivity index (χ0) is 11.5. The molecule has 2 rings (SSSR count). The van der Waals surface area contributed by atoms with Gasteiger partial charge in [-0.05, 0) is 18.2 Å². The third-order valence-corrected chi connectivity index (χ3v) is 3.08. The third kappa shape index (κ3) is 2.43. The van der Waals surface area contributed by atoms with Crippen molar-refractivity contribution in [3.63, 3.8) is 0 Å². The zero-order valence-corrected chi connectivity index (χ0v) is 10.6. The number of hydrogen-bond acceptors (Lipinski definition) is 2. The molecule has 0 aliphatic rings. The molecule has 0 bridgehead atoms. The number of aliphatic hydroxyl groups is 1. The summed E-state index contributed by atoms with van der Waals surface area (Å²) in [4.78, 5) is 3.97. The average Bonchev–Trinajstić information content (AvgIpc) is 2.29. The molecule has 1 unspecified atom stereocenters. The SMILES string of the molecule is OC(c1cccnc1)c1ccc(Br)cc1Cl. The van der Waals surface area contributed by atoms with Crippen molar-refractivity contribution >= 4 is 27.5 Å². The van der Waals surface area contributed by atoms with Gasteiger partial charge in [0, 0.05) is 33.0 Å². The van der Waals surface area contributed by atoms with Crippen molar-refractivity contribution in [2.24, 2.45) is 0 Å². The quantitative estimate of drug-likeness (QED) is 0.919. The van der Waals surface area contributed by atoms with Gasteiger partial charge in [-0.25, -0.2) is 0 Å². The molecule has 1 N–H and O–H groups in total. The normalized spacial score (nSPS) is 12.4. The lowest BCUT2D eigenvalue weighted by atomic mass is 10.0. The molecule has 0 saturated carbocycles. The van der Waals surface area contributed by atoms with Crippen LogP contribution in [-0.4, -0.2) is 10.1 Å². The number of benzene rings is 1. The summed E-state index contributed by atoms with van der Waals surface area (Å²) < 4.78 is 0.889. The lowest BCUT2D eigenvalue weighted by Gasteiger charge is -2.12. The molecule has 1 aromatic heterocycles. The van der Waals surface area contributed by atoms with Crippen LogP contribution in [0.25, 0.3) is 0 Å². The zero-order valence-electron chi connectivity index (χ0n) is 8.27. The highest BCUT2D eigenvalue weighted by Crippen LogP contribution is 2.29. The molecule has 1 heterocycles. The van der Waals surface area contributed by atoms with Gasteiger partial charge in [0.25, 0.3) is 0 Å². The second-order valence-electron chi connectivity index (χ2n) is 3.35. The number of aromatic nitrogens is 1. The van der Waals surface area contributed by atoms with Gasteiger partial charge in [-0.2, -0.15) is 0 Å². The fourth-order valence-electron chi connectivity index (χ4n) is 1.44. The fourth-order valence-corrected chi connectivity index (χ4v) is 2.22. The lowest BCUT2D eigenvalue weighted by Crippen LogP contribution is -2.00. The van der Waals surface area contributed by atoms with Gasteiger partial charge in [-0.3, -0.25) is 4.98 Å². The van der Waals surface area contributed by atoms with Crippen molar-refractivity contribution in [2.45, 2.75) is 6.10 Å². The Morgan fingerprint density at radius 3 is 2.75 bits per heavy atom. The van der Waals surface area contributed by atoms with Crippen LogP contribution in [0.5, 0.6) is 0 Å². The first-order valence-corrected chi connectivity index (χ1v) is 5.88. The van der Waals surface area contributed by atoms with Crippen molar-refractivity contribution in [3.8, 4) is 0 Å². The van der Waals surface area contributed by atoms with E-state index in [1.54, 1.807) is 30.6 Å². The molecule has 82 valence electrons. The summed E-state index contributed by atoms with van der Waals surface area (Å²) in [6, 6.07) is 9.00. The van der Waals surface area contributed by atoms with E-state index in [0.717, 1.165) is 10.0 Å². The second-order valence-corrected chi connectivity index (χ2v) is 4.68. The standard InChI is InChI=1S/C12H9BrClNO/c13-9-3-4-10(11(14)6-9)12(16)8-2-1-5-15-7-8/h1-7,12,16H. The van der Waals surface area contributed by atoms with Gasteiger partial charge >= 0.3 is 0 Å². The fraction of sp³-hybridized carbons (Fsp3) is 0.0833. The summed E-state index contributed by atoms with van der Waals surface area (Å²) in [6.07, 6.45) is 2.55. The smallest absolute Gasteiger partial charge is 0.107 e. The van der Waals surface area contributed by atoms with Crippen LogP contribution in [0.2, 0.25) is 5.02 Å². The molecule has 0 aliphatic heterocycles. The number of aliphatic hydroxyl groups excluding tert-OH is 1. The van der Waals surface area contributed by atoms with Gasteiger partial charge < -0.3 is 5.11 Å². The Hall–Kier alpha value is -0.900. The predicted molar refractivity (Wildman–Crippen MR) is 67.5 cm³/mol. The molecule has 0 amide bonds. The summed E-state index contributed by atoms with van der Waals surface area (Å²) in [7, 11) is 0. The maximum absolute atomic E-state index is 10.1. The minimum absolute atomic E-state index is 0.533. The van der Waals surface area contributed by atoms with E-state index < -0.39 is 6.10 Å². The van der Waals surface area contributed by atoms with Crippen LogP contribution in [0.1, 0.15) is 17.2 Å². The predicted octanol–water partition coefficient (Wildman–Crippen LogP) is 3.58. The van der Waals surface area contributed by atoms with Gasteiger partial charge in [0.2, 0.25) is 0 Å². The maximum atomic E-state index is 10.1. The minimum Gasteiger partial charge on any atom is -0.384 e. The van der Waals surface area contributed by atoms with E-state index in [-0.39, 0.29) is 0 Å². The molecule has 16 heavy (non-hydrogen) atoms. The number of halogens is 2. The maximum Gasteiger partial charge on any atom is 0.107 e. The molecular weight excluding hydrogens is 289 g/mol. The number of hydrogen-bond donors (Lipinski definition) is 1. The Morgan fingerprint density at radius 2 is 2.12 bits per heavy atom. The topological polar surface area (TPSA) is 33.1 Å². The summed E-state index contributed by atoms with van der Waals surface area (Å²) >= 11 is 9.39. The number of rotatable bonds is 2. The third-order valence-electron chi connectivity index (χ3n) is 2.26. The highest BCUT2D eigenvalue weighted by molar-refractivity contribution is 9.10. The molecular formula is C12H9BrClNO. The average molecular weight is 299 g/mol.